The molecule has 2 amide bonds. The third-order valence-corrected chi connectivity index (χ3v) is 8.87. The number of amides is 2. The summed E-state index contributed by atoms with van der Waals surface area (Å²) in [7, 11) is -3.90. The Balaban J connectivity index is 1.79. The standard InChI is InChI=1S/C33H35Cl2N3O4S/c1-23(2)20-36-33(40)31(19-24-10-5-4-6-11-24)37(21-25-16-17-28(34)29(35)18-25)32(39)22-38(43(3,41)42)30-15-9-13-26-12-7-8-14-27(26)30/h4-18,23,31H,19-22H2,1-3H3,(H,36,40). The summed E-state index contributed by atoms with van der Waals surface area (Å²) in [5.41, 5.74) is 1.88. The number of carbonyl (C=O) groups excluding carboxylic acids is 2. The lowest BCUT2D eigenvalue weighted by molar-refractivity contribution is -0.140. The number of halogens is 2. The molecule has 0 saturated carbocycles. The Morgan fingerprint density at radius 2 is 1.51 bits per heavy atom. The highest BCUT2D eigenvalue weighted by Crippen LogP contribution is 2.29. The zero-order valence-corrected chi connectivity index (χ0v) is 26.7. The number of benzene rings is 4. The van der Waals surface area contributed by atoms with Gasteiger partial charge >= 0.3 is 0 Å². The number of nitrogens with one attached hydrogen (secondary N) is 1. The third kappa shape index (κ3) is 8.50. The topological polar surface area (TPSA) is 86.8 Å². The van der Waals surface area contributed by atoms with Crippen LogP contribution in [0, 0.1) is 5.92 Å². The SMILES string of the molecule is CC(C)CNC(=O)C(Cc1ccccc1)N(Cc1ccc(Cl)c(Cl)c1)C(=O)CN(c1cccc2ccccc12)S(C)(=O)=O. The van der Waals surface area contributed by atoms with Gasteiger partial charge in [-0.05, 0) is 40.6 Å². The Labute approximate surface area is 263 Å². The molecule has 7 nitrogen and oxygen atoms in total. The van der Waals surface area contributed by atoms with Gasteiger partial charge in [-0.25, -0.2) is 8.42 Å². The molecule has 0 spiro atoms. The summed E-state index contributed by atoms with van der Waals surface area (Å²) in [5, 5.41) is 5.17. The molecular weight excluding hydrogens is 605 g/mol. The van der Waals surface area contributed by atoms with Crippen LogP contribution in [-0.4, -0.2) is 50.5 Å². The van der Waals surface area contributed by atoms with E-state index in [2.05, 4.69) is 5.32 Å². The van der Waals surface area contributed by atoms with Gasteiger partial charge in [-0.15, -0.1) is 0 Å². The van der Waals surface area contributed by atoms with Crippen molar-refractivity contribution in [3.63, 3.8) is 0 Å². The number of fused-ring (bicyclic) bond motifs is 1. The quantitative estimate of drug-likeness (QED) is 0.196. The van der Waals surface area contributed by atoms with Gasteiger partial charge in [0.15, 0.2) is 0 Å². The molecule has 1 atom stereocenters. The maximum atomic E-state index is 14.3. The van der Waals surface area contributed by atoms with Gasteiger partial charge in [-0.2, -0.15) is 0 Å². The number of sulfonamides is 1. The largest absolute Gasteiger partial charge is 0.354 e. The molecule has 0 aliphatic heterocycles. The molecule has 226 valence electrons. The maximum absolute atomic E-state index is 14.3. The van der Waals surface area contributed by atoms with Crippen molar-refractivity contribution in [2.45, 2.75) is 32.9 Å². The Morgan fingerprint density at radius 3 is 2.19 bits per heavy atom. The minimum absolute atomic E-state index is 0.00939. The first-order chi connectivity index (χ1) is 20.4. The molecule has 4 aromatic rings. The van der Waals surface area contributed by atoms with Crippen LogP contribution in [0.15, 0.2) is 91.0 Å². The Hall–Kier alpha value is -3.59. The van der Waals surface area contributed by atoms with Crippen LogP contribution in [0.3, 0.4) is 0 Å². The summed E-state index contributed by atoms with van der Waals surface area (Å²) in [5.74, 6) is -0.681. The van der Waals surface area contributed by atoms with Crippen molar-refractivity contribution >= 4 is 61.5 Å². The number of anilines is 1. The molecule has 1 N–H and O–H groups in total. The van der Waals surface area contributed by atoms with Crippen molar-refractivity contribution in [1.29, 1.82) is 0 Å². The summed E-state index contributed by atoms with van der Waals surface area (Å²) >= 11 is 12.5. The summed E-state index contributed by atoms with van der Waals surface area (Å²) in [6.07, 6.45) is 1.30. The Morgan fingerprint density at radius 1 is 0.837 bits per heavy atom. The normalized spacial score (nSPS) is 12.2. The highest BCUT2D eigenvalue weighted by Gasteiger charge is 2.33. The van der Waals surface area contributed by atoms with Gasteiger partial charge in [0.05, 0.1) is 22.0 Å². The van der Waals surface area contributed by atoms with E-state index in [1.165, 1.54) is 4.90 Å². The van der Waals surface area contributed by atoms with Gasteiger partial charge in [-0.1, -0.05) is 110 Å². The second kappa shape index (κ2) is 14.3. The minimum atomic E-state index is -3.90. The van der Waals surface area contributed by atoms with Crippen LogP contribution in [0.25, 0.3) is 10.8 Å². The molecule has 0 aromatic heterocycles. The number of carbonyl (C=O) groups is 2. The van der Waals surface area contributed by atoms with Crippen molar-refractivity contribution < 1.29 is 18.0 Å². The average molecular weight is 641 g/mol. The van der Waals surface area contributed by atoms with E-state index in [0.29, 0.717) is 33.2 Å². The fraction of sp³-hybridized carbons (Fsp3) is 0.273. The second-order valence-corrected chi connectivity index (χ2v) is 13.6. The van der Waals surface area contributed by atoms with E-state index in [-0.39, 0.29) is 24.8 Å². The van der Waals surface area contributed by atoms with Crippen molar-refractivity contribution in [3.05, 3.63) is 112 Å². The highest BCUT2D eigenvalue weighted by molar-refractivity contribution is 7.92. The molecule has 1 unspecified atom stereocenters. The van der Waals surface area contributed by atoms with Gasteiger partial charge in [-0.3, -0.25) is 13.9 Å². The Kier molecular flexibility index (Phi) is 10.7. The molecular formula is C33H35Cl2N3O4S. The van der Waals surface area contributed by atoms with Crippen molar-refractivity contribution in [2.24, 2.45) is 5.92 Å². The van der Waals surface area contributed by atoms with Gasteiger partial charge in [0.1, 0.15) is 12.6 Å². The van der Waals surface area contributed by atoms with Crippen molar-refractivity contribution in [1.82, 2.24) is 10.2 Å². The van der Waals surface area contributed by atoms with Crippen molar-refractivity contribution in [3.8, 4) is 0 Å². The molecule has 0 fully saturated rings. The smallest absolute Gasteiger partial charge is 0.244 e. The van der Waals surface area contributed by atoms with E-state index in [9.17, 15) is 18.0 Å². The molecule has 4 aromatic carbocycles. The number of rotatable bonds is 12. The number of hydrogen-bond donors (Lipinski definition) is 1. The molecule has 0 radical (unpaired) electrons. The van der Waals surface area contributed by atoms with E-state index >= 15 is 0 Å². The number of hydrogen-bond acceptors (Lipinski definition) is 4. The summed E-state index contributed by atoms with van der Waals surface area (Å²) in [6, 6.07) is 26.2. The zero-order valence-electron chi connectivity index (χ0n) is 24.3. The van der Waals surface area contributed by atoms with Crippen LogP contribution in [0.2, 0.25) is 10.0 Å². The van der Waals surface area contributed by atoms with Crippen LogP contribution < -0.4 is 9.62 Å². The van der Waals surface area contributed by atoms with E-state index in [1.54, 1.807) is 30.3 Å². The summed E-state index contributed by atoms with van der Waals surface area (Å²) < 4.78 is 27.5. The molecule has 43 heavy (non-hydrogen) atoms. The average Bonchev–Trinajstić information content (AvgIpc) is 2.97. The van der Waals surface area contributed by atoms with E-state index in [1.807, 2.05) is 74.5 Å². The second-order valence-electron chi connectivity index (χ2n) is 10.9. The van der Waals surface area contributed by atoms with Crippen LogP contribution in [0.5, 0.6) is 0 Å². The molecule has 0 aliphatic rings. The fourth-order valence-electron chi connectivity index (χ4n) is 4.83. The first kappa shape index (κ1) is 32.3. The summed E-state index contributed by atoms with van der Waals surface area (Å²) in [6.45, 7) is 3.90. The Bertz CT molecular complexity index is 1690. The molecule has 4 rings (SSSR count). The molecule has 0 bridgehead atoms. The third-order valence-electron chi connectivity index (χ3n) is 7.01. The lowest BCUT2D eigenvalue weighted by atomic mass is 10.0. The molecule has 0 heterocycles. The van der Waals surface area contributed by atoms with Gasteiger partial charge in [0.2, 0.25) is 21.8 Å². The lowest BCUT2D eigenvalue weighted by Crippen LogP contribution is -2.53. The van der Waals surface area contributed by atoms with Gasteiger partial charge in [0, 0.05) is 24.9 Å². The van der Waals surface area contributed by atoms with Gasteiger partial charge in [0.25, 0.3) is 0 Å². The van der Waals surface area contributed by atoms with Crippen LogP contribution in [0.4, 0.5) is 5.69 Å². The monoisotopic (exact) mass is 639 g/mol. The predicted molar refractivity (Wildman–Crippen MR) is 175 cm³/mol. The number of nitrogens with zero attached hydrogens (tertiary/aromatic N) is 2. The minimum Gasteiger partial charge on any atom is -0.354 e. The molecule has 0 aliphatic carbocycles. The maximum Gasteiger partial charge on any atom is 0.244 e. The first-order valence-corrected chi connectivity index (χ1v) is 16.5. The first-order valence-electron chi connectivity index (χ1n) is 13.9. The fourth-order valence-corrected chi connectivity index (χ4v) is 6.01. The van der Waals surface area contributed by atoms with Crippen molar-refractivity contribution in [2.75, 3.05) is 23.7 Å². The molecule has 0 saturated heterocycles. The van der Waals surface area contributed by atoms with E-state index in [0.717, 1.165) is 21.5 Å². The van der Waals surface area contributed by atoms with Gasteiger partial charge < -0.3 is 10.2 Å². The van der Waals surface area contributed by atoms with E-state index < -0.39 is 28.5 Å². The highest BCUT2D eigenvalue weighted by atomic mass is 35.5. The predicted octanol–water partition coefficient (Wildman–Crippen LogP) is 6.32. The van der Waals surface area contributed by atoms with Crippen LogP contribution in [-0.2, 0) is 32.6 Å². The van der Waals surface area contributed by atoms with Crippen LogP contribution in [0.1, 0.15) is 25.0 Å². The van der Waals surface area contributed by atoms with Crippen LogP contribution >= 0.6 is 23.2 Å². The van der Waals surface area contributed by atoms with E-state index in [4.69, 9.17) is 23.2 Å². The molecule has 10 heteroatoms. The zero-order chi connectivity index (χ0) is 31.1. The lowest BCUT2D eigenvalue weighted by Gasteiger charge is -2.34. The summed E-state index contributed by atoms with van der Waals surface area (Å²) in [4.78, 5) is 29.5.